The molecule has 1 fully saturated rings. The van der Waals surface area contributed by atoms with Gasteiger partial charge in [-0.1, -0.05) is 6.92 Å². The second-order valence-electron chi connectivity index (χ2n) is 4.07. The van der Waals surface area contributed by atoms with Crippen LogP contribution in [0.25, 0.3) is 0 Å². The number of piperazine rings is 1. The van der Waals surface area contributed by atoms with Gasteiger partial charge < -0.3 is 15.1 Å². The molecule has 1 radical (unpaired) electrons. The number of hydrogen-bond donors (Lipinski definition) is 1. The van der Waals surface area contributed by atoms with E-state index in [0.29, 0.717) is 0 Å². The van der Waals surface area contributed by atoms with Crippen LogP contribution < -0.4 is 5.32 Å². The molecule has 0 unspecified atom stereocenters. The molecule has 15 heavy (non-hydrogen) atoms. The largest absolute Gasteiger partial charge is 0.348 e. The fourth-order valence-electron chi connectivity index (χ4n) is 1.99. The van der Waals surface area contributed by atoms with E-state index in [1.807, 2.05) is 0 Å². The molecule has 0 atom stereocenters. The lowest BCUT2D eigenvalue weighted by Gasteiger charge is -2.34. The van der Waals surface area contributed by atoms with Crippen molar-refractivity contribution in [3.63, 3.8) is 0 Å². The number of carbonyl (C=O) groups excluding carboxylic acids is 1. The number of nitrogens with zero attached hydrogens (tertiary/aromatic N) is 2. The van der Waals surface area contributed by atoms with Crippen molar-refractivity contribution < 1.29 is 4.79 Å². The predicted molar refractivity (Wildman–Crippen MR) is 61.5 cm³/mol. The third-order valence-electron chi connectivity index (χ3n) is 2.85. The third kappa shape index (κ3) is 5.14. The molecule has 1 saturated heterocycles. The first-order valence-electron chi connectivity index (χ1n) is 5.91. The zero-order valence-corrected chi connectivity index (χ0v) is 9.67. The first-order chi connectivity index (χ1) is 7.36. The summed E-state index contributed by atoms with van der Waals surface area (Å²) in [6.45, 7) is 10.0. The Morgan fingerprint density at radius 2 is 1.73 bits per heavy atom. The van der Waals surface area contributed by atoms with Gasteiger partial charge in [0.05, 0.1) is 0 Å². The summed E-state index contributed by atoms with van der Waals surface area (Å²) in [4.78, 5) is 14.9. The van der Waals surface area contributed by atoms with E-state index in [4.69, 9.17) is 0 Å². The maximum absolute atomic E-state index is 9.91. The highest BCUT2D eigenvalue weighted by atomic mass is 16.1. The highest BCUT2D eigenvalue weighted by Gasteiger charge is 2.14. The number of nitrogens with one attached hydrogen (secondary N) is 1. The third-order valence-corrected chi connectivity index (χ3v) is 2.85. The standard InChI is InChI=1S/C11H22N3O/c1-2-5-13-7-9-14(10-8-13)6-3-4-12-11-15/h2-10H2,1H3,(H,12,15). The van der Waals surface area contributed by atoms with Crippen molar-refractivity contribution in [1.29, 1.82) is 0 Å². The van der Waals surface area contributed by atoms with E-state index >= 15 is 0 Å². The molecule has 1 heterocycles. The van der Waals surface area contributed by atoms with E-state index < -0.39 is 0 Å². The Hall–Kier alpha value is -0.610. The molecule has 1 aliphatic rings. The van der Waals surface area contributed by atoms with Crippen molar-refractivity contribution in [3.8, 4) is 0 Å². The van der Waals surface area contributed by atoms with Crippen LogP contribution in [0.15, 0.2) is 0 Å². The van der Waals surface area contributed by atoms with Crippen molar-refractivity contribution in [2.75, 3.05) is 45.8 Å². The quantitative estimate of drug-likeness (QED) is 0.479. The van der Waals surface area contributed by atoms with Gasteiger partial charge in [-0.15, -0.1) is 0 Å². The molecule has 0 saturated carbocycles. The molecular weight excluding hydrogens is 190 g/mol. The lowest BCUT2D eigenvalue weighted by atomic mass is 10.2. The molecule has 0 aromatic heterocycles. The van der Waals surface area contributed by atoms with Crippen LogP contribution in [0, 0.1) is 0 Å². The van der Waals surface area contributed by atoms with E-state index in [-0.39, 0.29) is 0 Å². The summed E-state index contributed by atoms with van der Waals surface area (Å²) in [7, 11) is 0. The summed E-state index contributed by atoms with van der Waals surface area (Å²) < 4.78 is 0. The fraction of sp³-hybridized carbons (Fsp3) is 0.909. The molecule has 0 aliphatic carbocycles. The van der Waals surface area contributed by atoms with Crippen LogP contribution in [-0.4, -0.2) is 62.0 Å². The maximum atomic E-state index is 9.91. The van der Waals surface area contributed by atoms with Gasteiger partial charge >= 0.3 is 6.41 Å². The highest BCUT2D eigenvalue weighted by Crippen LogP contribution is 2.02. The van der Waals surface area contributed by atoms with Crippen LogP contribution in [0.1, 0.15) is 19.8 Å². The van der Waals surface area contributed by atoms with Gasteiger partial charge in [0, 0.05) is 32.7 Å². The monoisotopic (exact) mass is 212 g/mol. The summed E-state index contributed by atoms with van der Waals surface area (Å²) in [6.07, 6.45) is 3.98. The van der Waals surface area contributed by atoms with Crippen LogP contribution in [0.5, 0.6) is 0 Å². The van der Waals surface area contributed by atoms with Crippen LogP contribution in [0.2, 0.25) is 0 Å². The molecule has 87 valence electrons. The zero-order valence-electron chi connectivity index (χ0n) is 9.67. The number of hydrogen-bond acceptors (Lipinski definition) is 3. The Labute approximate surface area is 92.6 Å². The van der Waals surface area contributed by atoms with E-state index in [1.54, 1.807) is 6.41 Å². The summed E-state index contributed by atoms with van der Waals surface area (Å²) in [6, 6.07) is 0. The Morgan fingerprint density at radius 3 is 2.27 bits per heavy atom. The zero-order chi connectivity index (χ0) is 10.9. The van der Waals surface area contributed by atoms with Gasteiger partial charge in [0.15, 0.2) is 0 Å². The summed E-state index contributed by atoms with van der Waals surface area (Å²) in [5, 5.41) is 2.57. The maximum Gasteiger partial charge on any atom is 0.309 e. The van der Waals surface area contributed by atoms with Gasteiger partial charge in [0.25, 0.3) is 0 Å². The minimum atomic E-state index is 0.749. The summed E-state index contributed by atoms with van der Waals surface area (Å²) >= 11 is 0. The number of rotatable bonds is 7. The highest BCUT2D eigenvalue weighted by molar-refractivity contribution is 5.46. The van der Waals surface area contributed by atoms with E-state index in [1.165, 1.54) is 39.1 Å². The molecule has 0 spiro atoms. The molecule has 0 aromatic rings. The predicted octanol–water partition coefficient (Wildman–Crippen LogP) is 0.0609. The Morgan fingerprint density at radius 1 is 1.13 bits per heavy atom. The van der Waals surface area contributed by atoms with Gasteiger partial charge in [-0.05, 0) is 25.9 Å². The van der Waals surface area contributed by atoms with Gasteiger partial charge in [0.1, 0.15) is 0 Å². The van der Waals surface area contributed by atoms with Crippen molar-refractivity contribution in [3.05, 3.63) is 0 Å². The normalized spacial score (nSPS) is 19.0. The van der Waals surface area contributed by atoms with Gasteiger partial charge in [0.2, 0.25) is 0 Å². The van der Waals surface area contributed by atoms with E-state index in [0.717, 1.165) is 19.5 Å². The molecule has 0 aromatic carbocycles. The fourth-order valence-corrected chi connectivity index (χ4v) is 1.99. The molecule has 1 aliphatic heterocycles. The molecule has 1 rings (SSSR count). The van der Waals surface area contributed by atoms with Crippen molar-refractivity contribution in [2.45, 2.75) is 19.8 Å². The number of amides is 1. The van der Waals surface area contributed by atoms with Crippen molar-refractivity contribution >= 4 is 6.41 Å². The first kappa shape index (κ1) is 12.5. The van der Waals surface area contributed by atoms with Gasteiger partial charge in [-0.25, -0.2) is 0 Å². The second kappa shape index (κ2) is 7.65. The average Bonchev–Trinajstić information content (AvgIpc) is 2.27. The molecular formula is C11H22N3O. The summed E-state index contributed by atoms with van der Waals surface area (Å²) in [5.74, 6) is 0. The second-order valence-corrected chi connectivity index (χ2v) is 4.07. The topological polar surface area (TPSA) is 35.6 Å². The molecule has 1 amide bonds. The van der Waals surface area contributed by atoms with E-state index in [9.17, 15) is 4.79 Å². The van der Waals surface area contributed by atoms with Crippen LogP contribution in [-0.2, 0) is 4.79 Å². The Balaban J connectivity index is 2.01. The lowest BCUT2D eigenvalue weighted by molar-refractivity contribution is 0.132. The van der Waals surface area contributed by atoms with Crippen molar-refractivity contribution in [1.82, 2.24) is 15.1 Å². The molecule has 0 bridgehead atoms. The Kier molecular flexibility index (Phi) is 6.36. The Bertz CT molecular complexity index is 167. The molecule has 1 N–H and O–H groups in total. The van der Waals surface area contributed by atoms with Crippen LogP contribution in [0.4, 0.5) is 0 Å². The van der Waals surface area contributed by atoms with Gasteiger partial charge in [-0.2, -0.15) is 0 Å². The minimum absolute atomic E-state index is 0.749. The smallest absolute Gasteiger partial charge is 0.309 e. The van der Waals surface area contributed by atoms with Crippen molar-refractivity contribution in [2.24, 2.45) is 0 Å². The lowest BCUT2D eigenvalue weighted by Crippen LogP contribution is -2.46. The molecule has 4 heteroatoms. The van der Waals surface area contributed by atoms with Gasteiger partial charge in [-0.3, -0.25) is 4.79 Å². The minimum Gasteiger partial charge on any atom is -0.348 e. The SMILES string of the molecule is CCCN1CCN(CCCN[C]=O)CC1. The molecule has 4 nitrogen and oxygen atoms in total. The summed E-state index contributed by atoms with van der Waals surface area (Å²) in [5.41, 5.74) is 0. The van der Waals surface area contributed by atoms with Crippen LogP contribution >= 0.6 is 0 Å². The van der Waals surface area contributed by atoms with Crippen LogP contribution in [0.3, 0.4) is 0 Å². The first-order valence-corrected chi connectivity index (χ1v) is 5.91. The van der Waals surface area contributed by atoms with E-state index in [2.05, 4.69) is 22.0 Å². The average molecular weight is 212 g/mol.